The maximum absolute atomic E-state index is 12.7. The molecule has 0 aromatic heterocycles. The highest BCUT2D eigenvalue weighted by Crippen LogP contribution is 2.11. The maximum atomic E-state index is 12.7. The van der Waals surface area contributed by atoms with Crippen LogP contribution in [0.3, 0.4) is 0 Å². The molecule has 7 heteroatoms. The Kier molecular flexibility index (Phi) is 7.91. The Balaban J connectivity index is 2.90. The van der Waals surface area contributed by atoms with Crippen molar-refractivity contribution in [1.29, 1.82) is 0 Å². The molecule has 0 saturated carbocycles. The van der Waals surface area contributed by atoms with Crippen LogP contribution in [0.1, 0.15) is 42.6 Å². The first-order valence-corrected chi connectivity index (χ1v) is 10.2. The van der Waals surface area contributed by atoms with E-state index < -0.39 is 9.84 Å². The van der Waals surface area contributed by atoms with E-state index in [1.54, 1.807) is 24.3 Å². The molecule has 0 unspecified atom stereocenters. The summed E-state index contributed by atoms with van der Waals surface area (Å²) in [6.07, 6.45) is 2.72. The van der Waals surface area contributed by atoms with E-state index in [1.807, 2.05) is 13.8 Å². The Morgan fingerprint density at radius 2 is 1.88 bits per heavy atom. The number of carbonyl (C=O) groups is 2. The molecular weight excluding hydrogens is 328 g/mol. The minimum atomic E-state index is -3.17. The molecule has 0 heterocycles. The summed E-state index contributed by atoms with van der Waals surface area (Å²) >= 11 is 0. The fourth-order valence-electron chi connectivity index (χ4n) is 2.30. The van der Waals surface area contributed by atoms with Crippen LogP contribution < -0.4 is 5.32 Å². The summed E-state index contributed by atoms with van der Waals surface area (Å²) in [6, 6.07) is 6.56. The van der Waals surface area contributed by atoms with Crippen LogP contribution in [0.4, 0.5) is 0 Å². The van der Waals surface area contributed by atoms with Gasteiger partial charge in [-0.2, -0.15) is 0 Å². The van der Waals surface area contributed by atoms with Gasteiger partial charge in [-0.05, 0) is 30.5 Å². The fraction of sp³-hybridized carbons (Fsp3) is 0.529. The number of carbonyl (C=O) groups excluding carboxylic acids is 2. The van der Waals surface area contributed by atoms with Gasteiger partial charge in [0.2, 0.25) is 5.91 Å². The summed E-state index contributed by atoms with van der Waals surface area (Å²) in [5.74, 6) is -0.566. The van der Waals surface area contributed by atoms with E-state index in [0.717, 1.165) is 19.1 Å². The highest BCUT2D eigenvalue weighted by molar-refractivity contribution is 7.89. The molecule has 1 N–H and O–H groups in total. The minimum absolute atomic E-state index is 0.00295. The third-order valence-corrected chi connectivity index (χ3v) is 4.15. The van der Waals surface area contributed by atoms with Gasteiger partial charge in [0, 0.05) is 24.9 Å². The van der Waals surface area contributed by atoms with Gasteiger partial charge < -0.3 is 10.2 Å². The van der Waals surface area contributed by atoms with Crippen LogP contribution in [0.5, 0.6) is 0 Å². The maximum Gasteiger partial charge on any atom is 0.254 e. The Morgan fingerprint density at radius 1 is 1.17 bits per heavy atom. The quantitative estimate of drug-likeness (QED) is 0.730. The molecule has 0 bridgehead atoms. The average molecular weight is 354 g/mol. The summed E-state index contributed by atoms with van der Waals surface area (Å²) in [6.45, 7) is 4.95. The summed E-state index contributed by atoms with van der Waals surface area (Å²) in [5.41, 5.74) is 0.961. The largest absolute Gasteiger partial charge is 0.355 e. The molecule has 1 aromatic carbocycles. The fourth-order valence-corrected chi connectivity index (χ4v) is 3.08. The smallest absolute Gasteiger partial charge is 0.254 e. The van der Waals surface area contributed by atoms with Crippen molar-refractivity contribution in [3.63, 3.8) is 0 Å². The first-order valence-electron chi connectivity index (χ1n) is 8.09. The van der Waals surface area contributed by atoms with Gasteiger partial charge in [0.1, 0.15) is 0 Å². The zero-order chi connectivity index (χ0) is 18.2. The molecule has 1 rings (SSSR count). The lowest BCUT2D eigenvalue weighted by Gasteiger charge is -2.22. The second kappa shape index (κ2) is 9.42. The van der Waals surface area contributed by atoms with Crippen LogP contribution in [0, 0.1) is 0 Å². The topological polar surface area (TPSA) is 83.6 Å². The third kappa shape index (κ3) is 7.12. The molecular formula is C17H26N2O4S. The number of sulfone groups is 1. The van der Waals surface area contributed by atoms with Crippen LogP contribution in [-0.2, 0) is 20.4 Å². The van der Waals surface area contributed by atoms with Crippen molar-refractivity contribution in [2.75, 3.05) is 25.9 Å². The van der Waals surface area contributed by atoms with E-state index in [4.69, 9.17) is 0 Å². The number of nitrogens with one attached hydrogen (secondary N) is 1. The second-order valence-electron chi connectivity index (χ2n) is 5.85. The van der Waals surface area contributed by atoms with Gasteiger partial charge in [-0.15, -0.1) is 0 Å². The number of rotatable bonds is 9. The van der Waals surface area contributed by atoms with Gasteiger partial charge in [0.05, 0.1) is 12.3 Å². The van der Waals surface area contributed by atoms with Crippen LogP contribution >= 0.6 is 0 Å². The standard InChI is InChI=1S/C17H26N2O4S/c1-4-9-18-16(20)12-19(10-5-2)17(21)15-8-6-7-14(11-15)13-24(3,22)23/h6-8,11H,4-5,9-10,12-13H2,1-3H3,(H,18,20). The predicted octanol–water partition coefficient (Wildman–Crippen LogP) is 1.61. The SMILES string of the molecule is CCCNC(=O)CN(CCC)C(=O)c1cccc(CS(C)(=O)=O)c1. The van der Waals surface area contributed by atoms with Gasteiger partial charge in [0.15, 0.2) is 9.84 Å². The van der Waals surface area contributed by atoms with Gasteiger partial charge >= 0.3 is 0 Å². The Morgan fingerprint density at radius 3 is 2.46 bits per heavy atom. The molecule has 0 spiro atoms. The number of hydrogen-bond acceptors (Lipinski definition) is 4. The van der Waals surface area contributed by atoms with E-state index in [2.05, 4.69) is 5.32 Å². The van der Waals surface area contributed by atoms with Gasteiger partial charge in [0.25, 0.3) is 5.91 Å². The van der Waals surface area contributed by atoms with E-state index in [9.17, 15) is 18.0 Å². The summed E-state index contributed by atoms with van der Waals surface area (Å²) in [4.78, 5) is 26.0. The molecule has 0 aliphatic carbocycles. The van der Waals surface area contributed by atoms with E-state index in [1.165, 1.54) is 4.90 Å². The highest BCUT2D eigenvalue weighted by atomic mass is 32.2. The normalized spacial score (nSPS) is 11.1. The molecule has 134 valence electrons. The minimum Gasteiger partial charge on any atom is -0.355 e. The van der Waals surface area contributed by atoms with Gasteiger partial charge in [-0.1, -0.05) is 26.0 Å². The lowest BCUT2D eigenvalue weighted by Crippen LogP contribution is -2.41. The summed E-state index contributed by atoms with van der Waals surface area (Å²) in [5, 5.41) is 2.76. The third-order valence-electron chi connectivity index (χ3n) is 3.29. The summed E-state index contributed by atoms with van der Waals surface area (Å²) in [7, 11) is -3.17. The van der Waals surface area contributed by atoms with Gasteiger partial charge in [-0.3, -0.25) is 9.59 Å². The van der Waals surface area contributed by atoms with Crippen molar-refractivity contribution >= 4 is 21.7 Å². The van der Waals surface area contributed by atoms with Gasteiger partial charge in [-0.25, -0.2) is 8.42 Å². The van der Waals surface area contributed by atoms with Crippen molar-refractivity contribution in [3.8, 4) is 0 Å². The predicted molar refractivity (Wildman–Crippen MR) is 94.5 cm³/mol. The van der Waals surface area contributed by atoms with Crippen LogP contribution in [0.25, 0.3) is 0 Å². The summed E-state index contributed by atoms with van der Waals surface area (Å²) < 4.78 is 22.8. The molecule has 2 amide bonds. The molecule has 24 heavy (non-hydrogen) atoms. The molecule has 6 nitrogen and oxygen atoms in total. The first kappa shape index (κ1) is 20.2. The molecule has 1 aromatic rings. The lowest BCUT2D eigenvalue weighted by molar-refractivity contribution is -0.121. The number of hydrogen-bond donors (Lipinski definition) is 1. The average Bonchev–Trinajstić information content (AvgIpc) is 2.50. The molecule has 0 aliphatic rings. The monoisotopic (exact) mass is 354 g/mol. The lowest BCUT2D eigenvalue weighted by atomic mass is 10.1. The van der Waals surface area contributed by atoms with Crippen molar-refractivity contribution in [3.05, 3.63) is 35.4 Å². The van der Waals surface area contributed by atoms with Crippen molar-refractivity contribution in [2.45, 2.75) is 32.4 Å². The van der Waals surface area contributed by atoms with Crippen molar-refractivity contribution in [1.82, 2.24) is 10.2 Å². The van der Waals surface area contributed by atoms with Crippen LogP contribution in [0.2, 0.25) is 0 Å². The molecule has 0 atom stereocenters. The number of benzene rings is 1. The molecule has 0 aliphatic heterocycles. The zero-order valence-corrected chi connectivity index (χ0v) is 15.4. The Labute approximate surface area is 144 Å². The van der Waals surface area contributed by atoms with Crippen LogP contribution in [0.15, 0.2) is 24.3 Å². The number of amides is 2. The number of nitrogens with zero attached hydrogens (tertiary/aromatic N) is 1. The second-order valence-corrected chi connectivity index (χ2v) is 7.99. The van der Waals surface area contributed by atoms with Crippen molar-refractivity contribution < 1.29 is 18.0 Å². The first-order chi connectivity index (χ1) is 11.3. The Hall–Kier alpha value is -1.89. The van der Waals surface area contributed by atoms with E-state index in [0.29, 0.717) is 24.2 Å². The highest BCUT2D eigenvalue weighted by Gasteiger charge is 2.18. The molecule has 0 fully saturated rings. The van der Waals surface area contributed by atoms with E-state index >= 15 is 0 Å². The molecule has 0 saturated heterocycles. The zero-order valence-electron chi connectivity index (χ0n) is 14.5. The van der Waals surface area contributed by atoms with Crippen molar-refractivity contribution in [2.24, 2.45) is 0 Å². The van der Waals surface area contributed by atoms with E-state index in [-0.39, 0.29) is 24.1 Å². The van der Waals surface area contributed by atoms with Crippen LogP contribution in [-0.4, -0.2) is 51.0 Å². The molecule has 0 radical (unpaired) electrons. The Bertz CT molecular complexity index is 671.